The van der Waals surface area contributed by atoms with E-state index >= 15 is 0 Å². The molecule has 0 aliphatic carbocycles. The normalized spacial score (nSPS) is 10.0. The Morgan fingerprint density at radius 1 is 1.21 bits per heavy atom. The van der Waals surface area contributed by atoms with Crippen LogP contribution in [0.5, 0.6) is 17.4 Å². The molecule has 0 radical (unpaired) electrons. The van der Waals surface area contributed by atoms with Gasteiger partial charge in [0.25, 0.3) is 0 Å². The van der Waals surface area contributed by atoms with Crippen molar-refractivity contribution in [3.05, 3.63) is 47.1 Å². The van der Waals surface area contributed by atoms with Crippen molar-refractivity contribution in [2.45, 2.75) is 0 Å². The molecule has 0 amide bonds. The average Bonchev–Trinajstić information content (AvgIpc) is 2.39. The predicted molar refractivity (Wildman–Crippen MR) is 69.3 cm³/mol. The molecule has 0 atom stereocenters. The molecule has 0 spiro atoms. The average molecular weight is 280 g/mol. The first-order valence-corrected chi connectivity index (χ1v) is 5.69. The Hall–Kier alpha value is -2.27. The highest BCUT2D eigenvalue weighted by Crippen LogP contribution is 2.24. The Bertz CT molecular complexity index is 598. The second kappa shape index (κ2) is 5.58. The summed E-state index contributed by atoms with van der Waals surface area (Å²) < 4.78 is 10.5. The van der Waals surface area contributed by atoms with Gasteiger partial charge in [-0.05, 0) is 30.3 Å². The molecule has 2 aromatic rings. The van der Waals surface area contributed by atoms with Crippen LogP contribution in [0.25, 0.3) is 0 Å². The van der Waals surface area contributed by atoms with Gasteiger partial charge in [-0.15, -0.1) is 0 Å². The van der Waals surface area contributed by atoms with Crippen molar-refractivity contribution in [2.24, 2.45) is 0 Å². The Morgan fingerprint density at radius 3 is 2.42 bits per heavy atom. The van der Waals surface area contributed by atoms with Crippen LogP contribution in [0.4, 0.5) is 0 Å². The molecule has 2 rings (SSSR count). The lowest BCUT2D eigenvalue weighted by Gasteiger charge is -2.07. The lowest BCUT2D eigenvalue weighted by Crippen LogP contribution is -1.98. The lowest BCUT2D eigenvalue weighted by atomic mass is 10.3. The number of pyridine rings is 1. The van der Waals surface area contributed by atoms with E-state index in [1.165, 1.54) is 12.1 Å². The van der Waals surface area contributed by atoms with Crippen LogP contribution in [0.3, 0.4) is 0 Å². The molecule has 1 aromatic carbocycles. The van der Waals surface area contributed by atoms with Crippen LogP contribution in [0.15, 0.2) is 36.4 Å². The number of hydrogen-bond donors (Lipinski definition) is 1. The highest BCUT2D eigenvalue weighted by atomic mass is 35.5. The third-order valence-electron chi connectivity index (χ3n) is 2.30. The third kappa shape index (κ3) is 3.35. The van der Waals surface area contributed by atoms with Crippen LogP contribution in [0, 0.1) is 0 Å². The van der Waals surface area contributed by atoms with Gasteiger partial charge in [0.05, 0.1) is 12.7 Å². The number of carbonyl (C=O) groups is 1. The molecule has 98 valence electrons. The first-order chi connectivity index (χ1) is 9.08. The van der Waals surface area contributed by atoms with Crippen LogP contribution in [-0.4, -0.2) is 23.2 Å². The number of benzene rings is 1. The summed E-state index contributed by atoms with van der Waals surface area (Å²) in [7, 11) is 1.56. The van der Waals surface area contributed by atoms with E-state index in [0.717, 1.165) is 0 Å². The molecular formula is C13H10ClNO4. The molecule has 0 bridgehead atoms. The minimum atomic E-state index is -1.09. The smallest absolute Gasteiger partial charge is 0.335 e. The highest BCUT2D eigenvalue weighted by molar-refractivity contribution is 6.29. The monoisotopic (exact) mass is 279 g/mol. The summed E-state index contributed by atoms with van der Waals surface area (Å²) in [6, 6.07) is 9.36. The molecule has 1 aromatic heterocycles. The van der Waals surface area contributed by atoms with E-state index in [1.807, 2.05) is 0 Å². The maximum Gasteiger partial charge on any atom is 0.335 e. The number of carboxylic acids is 1. The number of hydrogen-bond acceptors (Lipinski definition) is 4. The van der Waals surface area contributed by atoms with E-state index in [9.17, 15) is 4.79 Å². The van der Waals surface area contributed by atoms with Gasteiger partial charge in [-0.25, -0.2) is 9.78 Å². The summed E-state index contributed by atoms with van der Waals surface area (Å²) in [4.78, 5) is 14.8. The second-order valence-electron chi connectivity index (χ2n) is 3.60. The fourth-order valence-corrected chi connectivity index (χ4v) is 1.61. The van der Waals surface area contributed by atoms with Crippen LogP contribution in [-0.2, 0) is 0 Å². The summed E-state index contributed by atoms with van der Waals surface area (Å²) in [6.07, 6.45) is 0. The molecule has 19 heavy (non-hydrogen) atoms. The van der Waals surface area contributed by atoms with E-state index in [1.54, 1.807) is 31.4 Å². The topological polar surface area (TPSA) is 68.7 Å². The highest BCUT2D eigenvalue weighted by Gasteiger charge is 2.09. The van der Waals surface area contributed by atoms with Gasteiger partial charge >= 0.3 is 5.97 Å². The SMILES string of the molecule is COc1ccc(Oc2cc(C(=O)O)cc(Cl)n2)cc1. The fourth-order valence-electron chi connectivity index (χ4n) is 1.41. The number of aromatic nitrogens is 1. The number of rotatable bonds is 4. The van der Waals surface area contributed by atoms with Gasteiger partial charge in [0, 0.05) is 6.07 Å². The van der Waals surface area contributed by atoms with Crippen molar-refractivity contribution in [1.82, 2.24) is 4.98 Å². The maximum atomic E-state index is 10.9. The zero-order valence-corrected chi connectivity index (χ0v) is 10.7. The quantitative estimate of drug-likeness (QED) is 0.870. The van der Waals surface area contributed by atoms with Crippen molar-refractivity contribution < 1.29 is 19.4 Å². The molecular weight excluding hydrogens is 270 g/mol. The number of methoxy groups -OCH3 is 1. The van der Waals surface area contributed by atoms with Crippen molar-refractivity contribution in [1.29, 1.82) is 0 Å². The van der Waals surface area contributed by atoms with Crippen LogP contribution >= 0.6 is 11.6 Å². The Balaban J connectivity index is 2.24. The minimum absolute atomic E-state index is 0.0171. The van der Waals surface area contributed by atoms with E-state index in [-0.39, 0.29) is 16.6 Å². The van der Waals surface area contributed by atoms with Gasteiger partial charge in [0.2, 0.25) is 5.88 Å². The van der Waals surface area contributed by atoms with Crippen LogP contribution in [0.1, 0.15) is 10.4 Å². The zero-order chi connectivity index (χ0) is 13.8. The fraction of sp³-hybridized carbons (Fsp3) is 0.0769. The molecule has 0 saturated heterocycles. The first kappa shape index (κ1) is 13.2. The Morgan fingerprint density at radius 2 is 1.84 bits per heavy atom. The van der Waals surface area contributed by atoms with E-state index in [4.69, 9.17) is 26.2 Å². The Labute approximate surface area is 114 Å². The Kier molecular flexibility index (Phi) is 3.87. The van der Waals surface area contributed by atoms with Gasteiger partial charge < -0.3 is 14.6 Å². The maximum absolute atomic E-state index is 10.9. The molecule has 0 saturated carbocycles. The molecule has 1 N–H and O–H groups in total. The van der Waals surface area contributed by atoms with E-state index in [2.05, 4.69) is 4.98 Å². The zero-order valence-electron chi connectivity index (χ0n) is 9.96. The van der Waals surface area contributed by atoms with Gasteiger partial charge in [0.15, 0.2) is 0 Å². The summed E-state index contributed by atoms with van der Waals surface area (Å²) in [5.74, 6) is 0.225. The van der Waals surface area contributed by atoms with Crippen molar-refractivity contribution in [2.75, 3.05) is 7.11 Å². The summed E-state index contributed by atoms with van der Waals surface area (Å²) >= 11 is 5.73. The standard InChI is InChI=1S/C13H10ClNO4/c1-18-9-2-4-10(5-3-9)19-12-7-8(13(16)17)6-11(14)15-12/h2-7H,1H3,(H,16,17). The molecule has 0 aliphatic rings. The predicted octanol–water partition coefficient (Wildman–Crippen LogP) is 3.23. The molecule has 6 heteroatoms. The third-order valence-corrected chi connectivity index (χ3v) is 2.49. The molecule has 0 aliphatic heterocycles. The van der Waals surface area contributed by atoms with Gasteiger partial charge in [-0.3, -0.25) is 0 Å². The first-order valence-electron chi connectivity index (χ1n) is 5.31. The van der Waals surface area contributed by atoms with Crippen molar-refractivity contribution >= 4 is 17.6 Å². The van der Waals surface area contributed by atoms with Crippen molar-refractivity contribution in [3.8, 4) is 17.4 Å². The summed E-state index contributed by atoms with van der Waals surface area (Å²) in [5, 5.41) is 8.97. The summed E-state index contributed by atoms with van der Waals surface area (Å²) in [6.45, 7) is 0. The minimum Gasteiger partial charge on any atom is -0.497 e. The van der Waals surface area contributed by atoms with E-state index in [0.29, 0.717) is 11.5 Å². The second-order valence-corrected chi connectivity index (χ2v) is 3.99. The van der Waals surface area contributed by atoms with Crippen LogP contribution in [0.2, 0.25) is 5.15 Å². The number of aromatic carboxylic acids is 1. The van der Waals surface area contributed by atoms with Crippen molar-refractivity contribution in [3.63, 3.8) is 0 Å². The van der Waals surface area contributed by atoms with Gasteiger partial charge in [0.1, 0.15) is 16.7 Å². The number of ether oxygens (including phenoxy) is 2. The number of carboxylic acid groups (broad SMARTS) is 1. The van der Waals surface area contributed by atoms with Gasteiger partial charge in [-0.1, -0.05) is 11.6 Å². The van der Waals surface area contributed by atoms with Gasteiger partial charge in [-0.2, -0.15) is 0 Å². The summed E-state index contributed by atoms with van der Waals surface area (Å²) in [5.41, 5.74) is 0.0171. The molecule has 5 nitrogen and oxygen atoms in total. The van der Waals surface area contributed by atoms with Crippen LogP contribution < -0.4 is 9.47 Å². The molecule has 0 unspecified atom stereocenters. The molecule has 0 fully saturated rings. The largest absolute Gasteiger partial charge is 0.497 e. The molecule has 1 heterocycles. The number of nitrogens with zero attached hydrogens (tertiary/aromatic N) is 1. The lowest BCUT2D eigenvalue weighted by molar-refractivity contribution is 0.0696. The van der Waals surface area contributed by atoms with E-state index < -0.39 is 5.97 Å². The number of halogens is 1.